The molecular weight excluding hydrogens is 480 g/mol. The predicted octanol–water partition coefficient (Wildman–Crippen LogP) is 9.96. The molecule has 0 aliphatic heterocycles. The summed E-state index contributed by atoms with van der Waals surface area (Å²) in [5.41, 5.74) is 12.2. The van der Waals surface area contributed by atoms with Gasteiger partial charge in [0.2, 0.25) is 0 Å². The van der Waals surface area contributed by atoms with Gasteiger partial charge in [-0.15, -0.1) is 0 Å². The second-order valence-electron chi connectivity index (χ2n) is 10.6. The number of benzene rings is 4. The maximum atomic E-state index is 3.43. The summed E-state index contributed by atoms with van der Waals surface area (Å²) in [4.78, 5) is 0. The van der Waals surface area contributed by atoms with Gasteiger partial charge in [-0.2, -0.15) is 0 Å². The Morgan fingerprint density at radius 3 is 1.20 bits per heavy atom. The Morgan fingerprint density at radius 1 is 0.450 bits per heavy atom. The summed E-state index contributed by atoms with van der Waals surface area (Å²) in [6.07, 6.45) is 9.12. The van der Waals surface area contributed by atoms with Crippen molar-refractivity contribution in [2.75, 3.05) is 0 Å². The van der Waals surface area contributed by atoms with Crippen LogP contribution in [0, 0.1) is 23.7 Å². The lowest BCUT2D eigenvalue weighted by molar-refractivity contribution is 0.795. The van der Waals surface area contributed by atoms with Crippen LogP contribution in [0.5, 0.6) is 0 Å². The number of aryl methyl sites for hydroxylation is 4. The van der Waals surface area contributed by atoms with Crippen molar-refractivity contribution in [2.45, 2.75) is 79.1 Å². The van der Waals surface area contributed by atoms with Crippen LogP contribution in [0.15, 0.2) is 84.9 Å². The van der Waals surface area contributed by atoms with Crippen LogP contribution in [-0.2, 0) is 25.7 Å². The molecule has 4 rings (SSSR count). The fraction of sp³-hybridized carbons (Fsp3) is 0.300. The Kier molecular flexibility index (Phi) is 10.8. The first-order chi connectivity index (χ1) is 19.6. The SMILES string of the molecule is CCCCc1ccc(C#Cc2ccc(-c3ccc(C#Cc4ccc(CCCC)cc4)c(CC)c3)cc2CC)cc1. The van der Waals surface area contributed by atoms with Crippen molar-refractivity contribution in [1.29, 1.82) is 0 Å². The van der Waals surface area contributed by atoms with Gasteiger partial charge in [0.05, 0.1) is 0 Å². The van der Waals surface area contributed by atoms with Crippen molar-refractivity contribution >= 4 is 0 Å². The van der Waals surface area contributed by atoms with E-state index >= 15 is 0 Å². The lowest BCUT2D eigenvalue weighted by Crippen LogP contribution is -1.92. The highest BCUT2D eigenvalue weighted by molar-refractivity contribution is 5.68. The van der Waals surface area contributed by atoms with Crippen LogP contribution in [-0.4, -0.2) is 0 Å². The van der Waals surface area contributed by atoms with Gasteiger partial charge in [0, 0.05) is 22.3 Å². The van der Waals surface area contributed by atoms with E-state index in [9.17, 15) is 0 Å². The molecule has 0 unspecified atom stereocenters. The maximum absolute atomic E-state index is 3.43. The molecule has 0 fully saturated rings. The van der Waals surface area contributed by atoms with E-state index in [2.05, 4.69) is 136 Å². The molecule has 202 valence electrons. The second kappa shape index (κ2) is 15.0. The standard InChI is InChI=1S/C40H42/c1-5-9-11-31-13-17-33(18-14-31)21-23-37-25-27-39(29-35(37)7-3)40-28-26-38(36(8-4)30-40)24-22-34-19-15-32(16-20-34)12-10-6-2/h13-20,25-30H,5-12H2,1-4H3. The summed E-state index contributed by atoms with van der Waals surface area (Å²) >= 11 is 0. The lowest BCUT2D eigenvalue weighted by atomic mass is 9.94. The van der Waals surface area contributed by atoms with Crippen molar-refractivity contribution in [1.82, 2.24) is 0 Å². The van der Waals surface area contributed by atoms with Gasteiger partial charge >= 0.3 is 0 Å². The van der Waals surface area contributed by atoms with E-state index in [0.717, 1.165) is 47.9 Å². The minimum absolute atomic E-state index is 0.954. The molecule has 0 spiro atoms. The fourth-order valence-corrected chi connectivity index (χ4v) is 4.93. The highest BCUT2D eigenvalue weighted by atomic mass is 14.1. The summed E-state index contributed by atoms with van der Waals surface area (Å²) in [6, 6.07) is 30.8. The third-order valence-electron chi connectivity index (χ3n) is 7.53. The van der Waals surface area contributed by atoms with Gasteiger partial charge in [-0.25, -0.2) is 0 Å². The second-order valence-corrected chi connectivity index (χ2v) is 10.6. The first-order valence-corrected chi connectivity index (χ1v) is 15.1. The molecule has 0 saturated carbocycles. The number of unbranched alkanes of at least 4 members (excludes halogenated alkanes) is 2. The van der Waals surface area contributed by atoms with E-state index < -0.39 is 0 Å². The van der Waals surface area contributed by atoms with Crippen LogP contribution in [0.1, 0.15) is 97.9 Å². The third-order valence-corrected chi connectivity index (χ3v) is 7.53. The zero-order valence-electron chi connectivity index (χ0n) is 24.7. The molecule has 0 amide bonds. The highest BCUT2D eigenvalue weighted by Gasteiger charge is 2.06. The molecule has 0 bridgehead atoms. The summed E-state index contributed by atoms with van der Waals surface area (Å²) in [5, 5.41) is 0. The molecular formula is C40H42. The zero-order chi connectivity index (χ0) is 28.2. The van der Waals surface area contributed by atoms with Crippen LogP contribution in [0.2, 0.25) is 0 Å². The van der Waals surface area contributed by atoms with Crippen LogP contribution < -0.4 is 0 Å². The van der Waals surface area contributed by atoms with E-state index in [1.807, 2.05) is 0 Å². The number of hydrogen-bond acceptors (Lipinski definition) is 0. The van der Waals surface area contributed by atoms with Gasteiger partial charge in [-0.3, -0.25) is 0 Å². The van der Waals surface area contributed by atoms with E-state index in [4.69, 9.17) is 0 Å². The largest absolute Gasteiger partial charge is 0.0654 e. The highest BCUT2D eigenvalue weighted by Crippen LogP contribution is 2.26. The zero-order valence-corrected chi connectivity index (χ0v) is 24.7. The lowest BCUT2D eigenvalue weighted by Gasteiger charge is -2.10. The molecule has 0 aliphatic rings. The summed E-state index contributed by atoms with van der Waals surface area (Å²) < 4.78 is 0. The van der Waals surface area contributed by atoms with Gasteiger partial charge in [0.15, 0.2) is 0 Å². The number of rotatable bonds is 9. The average Bonchev–Trinajstić information content (AvgIpc) is 3.01. The summed E-state index contributed by atoms with van der Waals surface area (Å²) in [7, 11) is 0. The summed E-state index contributed by atoms with van der Waals surface area (Å²) in [5.74, 6) is 13.6. The van der Waals surface area contributed by atoms with E-state index in [1.165, 1.54) is 59.1 Å². The molecule has 0 aromatic heterocycles. The van der Waals surface area contributed by atoms with Crippen molar-refractivity contribution < 1.29 is 0 Å². The van der Waals surface area contributed by atoms with E-state index in [-0.39, 0.29) is 0 Å². The molecule has 0 atom stereocenters. The van der Waals surface area contributed by atoms with E-state index in [0.29, 0.717) is 0 Å². The quantitative estimate of drug-likeness (QED) is 0.192. The maximum Gasteiger partial charge on any atom is 0.0281 e. The van der Waals surface area contributed by atoms with Crippen molar-refractivity contribution in [3.8, 4) is 34.8 Å². The van der Waals surface area contributed by atoms with Gasteiger partial charge in [-0.05, 0) is 120 Å². The topological polar surface area (TPSA) is 0 Å². The molecule has 0 aliphatic carbocycles. The van der Waals surface area contributed by atoms with Crippen LogP contribution in [0.25, 0.3) is 11.1 Å². The van der Waals surface area contributed by atoms with Crippen LogP contribution >= 0.6 is 0 Å². The minimum atomic E-state index is 0.954. The fourth-order valence-electron chi connectivity index (χ4n) is 4.93. The predicted molar refractivity (Wildman–Crippen MR) is 173 cm³/mol. The third kappa shape index (κ3) is 8.01. The van der Waals surface area contributed by atoms with Gasteiger partial charge in [0.25, 0.3) is 0 Å². The molecule has 0 N–H and O–H groups in total. The molecule has 0 radical (unpaired) electrons. The van der Waals surface area contributed by atoms with Crippen molar-refractivity contribution in [3.63, 3.8) is 0 Å². The molecule has 4 aromatic carbocycles. The Bertz CT molecular complexity index is 1390. The Labute approximate surface area is 242 Å². The Hall–Kier alpha value is -4.00. The van der Waals surface area contributed by atoms with Gasteiger partial charge < -0.3 is 0 Å². The van der Waals surface area contributed by atoms with Gasteiger partial charge in [-0.1, -0.05) is 101 Å². The first kappa shape index (κ1) is 29.0. The number of hydrogen-bond donors (Lipinski definition) is 0. The molecule has 0 heteroatoms. The molecule has 4 aromatic rings. The Morgan fingerprint density at radius 2 is 0.850 bits per heavy atom. The monoisotopic (exact) mass is 522 g/mol. The van der Waals surface area contributed by atoms with E-state index in [1.54, 1.807) is 0 Å². The van der Waals surface area contributed by atoms with Crippen LogP contribution in [0.3, 0.4) is 0 Å². The average molecular weight is 523 g/mol. The molecule has 0 heterocycles. The normalized spacial score (nSPS) is 10.4. The van der Waals surface area contributed by atoms with Gasteiger partial charge in [0.1, 0.15) is 0 Å². The smallest absolute Gasteiger partial charge is 0.0281 e. The van der Waals surface area contributed by atoms with Crippen molar-refractivity contribution in [2.24, 2.45) is 0 Å². The minimum Gasteiger partial charge on any atom is -0.0654 e. The molecule has 0 saturated heterocycles. The molecule has 40 heavy (non-hydrogen) atoms. The molecule has 0 nitrogen and oxygen atoms in total. The van der Waals surface area contributed by atoms with Crippen molar-refractivity contribution in [3.05, 3.63) is 129 Å². The Balaban J connectivity index is 1.51. The first-order valence-electron chi connectivity index (χ1n) is 15.1. The summed E-state index contributed by atoms with van der Waals surface area (Å²) in [6.45, 7) is 8.89. The van der Waals surface area contributed by atoms with Crippen LogP contribution in [0.4, 0.5) is 0 Å².